The number of aromatic hydroxyl groups is 1. The Balaban J connectivity index is 1.89. The molecule has 2 aromatic heterocycles. The summed E-state index contributed by atoms with van der Waals surface area (Å²) in [5, 5.41) is 14.2. The van der Waals surface area contributed by atoms with E-state index in [2.05, 4.69) is 20.3 Å². The molecular weight excluding hydrogens is 356 g/mol. The van der Waals surface area contributed by atoms with E-state index in [1.54, 1.807) is 44.8 Å². The summed E-state index contributed by atoms with van der Waals surface area (Å²) in [6.07, 6.45) is 3.40. The van der Waals surface area contributed by atoms with Crippen molar-refractivity contribution in [1.29, 1.82) is 0 Å². The normalized spacial score (nSPS) is 10.6. The molecule has 0 saturated heterocycles. The molecule has 28 heavy (non-hydrogen) atoms. The molecule has 140 valence electrons. The van der Waals surface area contributed by atoms with Gasteiger partial charge in [-0.2, -0.15) is 0 Å². The van der Waals surface area contributed by atoms with Gasteiger partial charge in [0.25, 0.3) is 0 Å². The zero-order valence-electron chi connectivity index (χ0n) is 15.4. The van der Waals surface area contributed by atoms with Gasteiger partial charge in [0.2, 0.25) is 0 Å². The lowest BCUT2D eigenvalue weighted by molar-refractivity contribution is 0.413. The number of aromatic nitrogens is 3. The van der Waals surface area contributed by atoms with Gasteiger partial charge < -0.3 is 19.9 Å². The number of pyridine rings is 1. The van der Waals surface area contributed by atoms with E-state index < -0.39 is 0 Å². The van der Waals surface area contributed by atoms with Crippen molar-refractivity contribution in [2.45, 2.75) is 0 Å². The quantitative estimate of drug-likeness (QED) is 0.507. The molecule has 2 heterocycles. The van der Waals surface area contributed by atoms with Crippen LogP contribution in [0.4, 0.5) is 11.5 Å². The maximum atomic E-state index is 10.3. The Kier molecular flexibility index (Phi) is 4.63. The van der Waals surface area contributed by atoms with Gasteiger partial charge in [-0.1, -0.05) is 0 Å². The summed E-state index contributed by atoms with van der Waals surface area (Å²) in [6, 6.07) is 14.2. The third-order valence-electron chi connectivity index (χ3n) is 4.28. The summed E-state index contributed by atoms with van der Waals surface area (Å²) in [6.45, 7) is 0. The van der Waals surface area contributed by atoms with Crippen LogP contribution in [0.2, 0.25) is 0 Å². The second-order valence-corrected chi connectivity index (χ2v) is 6.03. The number of fused-ring (bicyclic) bond motifs is 1. The summed E-state index contributed by atoms with van der Waals surface area (Å²) in [4.78, 5) is 13.5. The monoisotopic (exact) mass is 374 g/mol. The number of hydrogen-bond acceptors (Lipinski definition) is 7. The van der Waals surface area contributed by atoms with Gasteiger partial charge in [0.05, 0.1) is 25.4 Å². The molecule has 4 aromatic rings. The molecule has 0 atom stereocenters. The molecule has 7 heteroatoms. The van der Waals surface area contributed by atoms with Crippen LogP contribution in [0.1, 0.15) is 0 Å². The van der Waals surface area contributed by atoms with Crippen LogP contribution in [0.15, 0.2) is 60.9 Å². The maximum absolute atomic E-state index is 10.3. The molecule has 0 aliphatic carbocycles. The molecule has 0 unspecified atom stereocenters. The van der Waals surface area contributed by atoms with Crippen molar-refractivity contribution in [1.82, 2.24) is 15.0 Å². The maximum Gasteiger partial charge on any atom is 0.163 e. The lowest BCUT2D eigenvalue weighted by Crippen LogP contribution is -2.00. The second kappa shape index (κ2) is 7.40. The summed E-state index contributed by atoms with van der Waals surface area (Å²) < 4.78 is 10.6. The standard InChI is InChI=1S/C21H18N4O3/c1-27-14-5-7-17-16(10-14)21(24-18-11-15(28-2)6-8-19(18)26)25-20(23-17)13-4-3-9-22-12-13/h3-12,26H,1-2H3,(H,23,24,25). The van der Waals surface area contributed by atoms with E-state index in [9.17, 15) is 5.11 Å². The zero-order chi connectivity index (χ0) is 19.5. The van der Waals surface area contributed by atoms with E-state index in [-0.39, 0.29) is 5.75 Å². The van der Waals surface area contributed by atoms with E-state index in [1.807, 2.05) is 30.3 Å². The smallest absolute Gasteiger partial charge is 0.163 e. The number of hydrogen-bond donors (Lipinski definition) is 2. The van der Waals surface area contributed by atoms with Gasteiger partial charge >= 0.3 is 0 Å². The van der Waals surface area contributed by atoms with Crippen molar-refractivity contribution >= 4 is 22.4 Å². The van der Waals surface area contributed by atoms with Crippen molar-refractivity contribution in [3.05, 3.63) is 60.9 Å². The zero-order valence-corrected chi connectivity index (χ0v) is 15.4. The molecule has 0 fully saturated rings. The first kappa shape index (κ1) is 17.5. The van der Waals surface area contributed by atoms with Crippen molar-refractivity contribution in [3.8, 4) is 28.6 Å². The average Bonchev–Trinajstić information content (AvgIpc) is 2.75. The third kappa shape index (κ3) is 3.37. The highest BCUT2D eigenvalue weighted by Gasteiger charge is 2.13. The van der Waals surface area contributed by atoms with Gasteiger partial charge in [-0.05, 0) is 42.5 Å². The van der Waals surface area contributed by atoms with Crippen LogP contribution in [0.25, 0.3) is 22.3 Å². The van der Waals surface area contributed by atoms with Crippen LogP contribution in [0.3, 0.4) is 0 Å². The molecule has 4 rings (SSSR count). The fourth-order valence-electron chi connectivity index (χ4n) is 2.82. The molecule has 0 saturated carbocycles. The van der Waals surface area contributed by atoms with Crippen LogP contribution in [0, 0.1) is 0 Å². The van der Waals surface area contributed by atoms with Gasteiger partial charge in [-0.15, -0.1) is 0 Å². The number of nitrogens with one attached hydrogen (secondary N) is 1. The van der Waals surface area contributed by atoms with Gasteiger partial charge in [0.15, 0.2) is 5.82 Å². The van der Waals surface area contributed by atoms with Crippen molar-refractivity contribution in [3.63, 3.8) is 0 Å². The Morgan fingerprint density at radius 2 is 1.71 bits per heavy atom. The number of nitrogens with zero attached hydrogens (tertiary/aromatic N) is 3. The van der Waals surface area contributed by atoms with Crippen LogP contribution in [0.5, 0.6) is 17.2 Å². The van der Waals surface area contributed by atoms with E-state index in [4.69, 9.17) is 9.47 Å². The fraction of sp³-hybridized carbons (Fsp3) is 0.0952. The van der Waals surface area contributed by atoms with Crippen LogP contribution < -0.4 is 14.8 Å². The van der Waals surface area contributed by atoms with Crippen LogP contribution >= 0.6 is 0 Å². The van der Waals surface area contributed by atoms with E-state index >= 15 is 0 Å². The topological polar surface area (TPSA) is 89.4 Å². The number of methoxy groups -OCH3 is 2. The van der Waals surface area contributed by atoms with Gasteiger partial charge in [0.1, 0.15) is 23.1 Å². The largest absolute Gasteiger partial charge is 0.506 e. The Morgan fingerprint density at radius 3 is 2.46 bits per heavy atom. The Hall–Kier alpha value is -3.87. The van der Waals surface area contributed by atoms with Crippen molar-refractivity contribution in [2.24, 2.45) is 0 Å². The molecule has 0 bridgehead atoms. The lowest BCUT2D eigenvalue weighted by atomic mass is 10.2. The number of anilines is 2. The summed E-state index contributed by atoms with van der Waals surface area (Å²) in [5.41, 5.74) is 2.00. The average molecular weight is 374 g/mol. The van der Waals surface area contributed by atoms with Gasteiger partial charge in [-0.3, -0.25) is 4.98 Å². The first-order chi connectivity index (χ1) is 13.7. The molecule has 0 amide bonds. The predicted octanol–water partition coefficient (Wildman–Crippen LogP) is 4.16. The number of phenolic OH excluding ortho intramolecular Hbond substituents is 1. The minimum atomic E-state index is 0.0818. The van der Waals surface area contributed by atoms with Crippen molar-refractivity contribution in [2.75, 3.05) is 19.5 Å². The SMILES string of the molecule is COc1ccc(O)c(Nc2nc(-c3cccnc3)nc3ccc(OC)cc23)c1. The molecule has 7 nitrogen and oxygen atoms in total. The number of benzene rings is 2. The Morgan fingerprint density at radius 1 is 0.929 bits per heavy atom. The predicted molar refractivity (Wildman–Crippen MR) is 107 cm³/mol. The Bertz CT molecular complexity index is 1130. The number of phenols is 1. The van der Waals surface area contributed by atoms with E-state index in [0.29, 0.717) is 28.8 Å². The molecule has 0 aliphatic heterocycles. The first-order valence-corrected chi connectivity index (χ1v) is 8.58. The number of rotatable bonds is 5. The van der Waals surface area contributed by atoms with Gasteiger partial charge in [-0.25, -0.2) is 9.97 Å². The van der Waals surface area contributed by atoms with Crippen LogP contribution in [-0.4, -0.2) is 34.3 Å². The van der Waals surface area contributed by atoms with Crippen molar-refractivity contribution < 1.29 is 14.6 Å². The number of ether oxygens (including phenoxy) is 2. The fourth-order valence-corrected chi connectivity index (χ4v) is 2.82. The Labute approximate surface area is 161 Å². The second-order valence-electron chi connectivity index (χ2n) is 6.03. The summed E-state index contributed by atoms with van der Waals surface area (Å²) >= 11 is 0. The molecule has 0 aliphatic rings. The molecule has 2 N–H and O–H groups in total. The molecule has 0 spiro atoms. The molecular formula is C21H18N4O3. The summed E-state index contributed by atoms with van der Waals surface area (Å²) in [5.74, 6) is 2.44. The highest BCUT2D eigenvalue weighted by molar-refractivity contribution is 5.93. The van der Waals surface area contributed by atoms with Crippen LogP contribution in [-0.2, 0) is 0 Å². The third-order valence-corrected chi connectivity index (χ3v) is 4.28. The first-order valence-electron chi connectivity index (χ1n) is 8.58. The van der Waals surface area contributed by atoms with E-state index in [1.165, 1.54) is 0 Å². The minimum absolute atomic E-state index is 0.0818. The van der Waals surface area contributed by atoms with Gasteiger partial charge in [0, 0.05) is 29.4 Å². The van der Waals surface area contributed by atoms with E-state index in [0.717, 1.165) is 16.5 Å². The summed E-state index contributed by atoms with van der Waals surface area (Å²) in [7, 11) is 3.18. The highest BCUT2D eigenvalue weighted by atomic mass is 16.5. The molecule has 2 aromatic carbocycles. The minimum Gasteiger partial charge on any atom is -0.506 e. The lowest BCUT2D eigenvalue weighted by Gasteiger charge is -2.13. The molecule has 0 radical (unpaired) electrons. The highest BCUT2D eigenvalue weighted by Crippen LogP contribution is 2.34.